The van der Waals surface area contributed by atoms with Crippen molar-refractivity contribution in [1.82, 2.24) is 25.6 Å². The third kappa shape index (κ3) is 5.14. The highest BCUT2D eigenvalue weighted by Gasteiger charge is 2.61. The Morgan fingerprint density at radius 3 is 2.71 bits per heavy atom. The van der Waals surface area contributed by atoms with Crippen LogP contribution in [0.25, 0.3) is 44.9 Å². The molecule has 6 aromatic rings. The maximum atomic E-state index is 14.3. The van der Waals surface area contributed by atoms with Crippen LogP contribution >= 0.6 is 0 Å². The van der Waals surface area contributed by atoms with Crippen LogP contribution in [0.4, 0.5) is 5.69 Å². The van der Waals surface area contributed by atoms with Crippen molar-refractivity contribution in [1.29, 1.82) is 0 Å². The van der Waals surface area contributed by atoms with Crippen LogP contribution in [0.5, 0.6) is 5.75 Å². The molecule has 3 aromatic carbocycles. The fourth-order valence-electron chi connectivity index (χ4n) is 8.97. The van der Waals surface area contributed by atoms with Crippen LogP contribution in [-0.4, -0.2) is 39.7 Å². The standard InChI is InChI=1S/C45H44N6O4/c1-23(2)9-6-10-25(5)17-18-46-33-20-26-15-16-34-31(19-26)45-30-13-7-12-28(38(30)51-44(45)54-34)27-11-8-14-32-36(27)29(21-47-32)35-22-48-42(53-35)39-40(45)55-43(50-39)37(24(3)4)49-41(33)52/h7-9,11-17,19,21-22,24,33,37,44,46-47,51H,6,10,18,20H2,1-5H3,(H,49,52)/b25-17+/t33-,37-,44?,45-/m0/s1. The topological polar surface area (TPSA) is 130 Å². The summed E-state index contributed by atoms with van der Waals surface area (Å²) in [6.07, 6.45) is 10.1. The number of hydrogen-bond donors (Lipinski definition) is 4. The minimum absolute atomic E-state index is 0.0453. The Bertz CT molecular complexity index is 2580. The van der Waals surface area contributed by atoms with Crippen molar-refractivity contribution in [2.24, 2.45) is 5.92 Å². The summed E-state index contributed by atoms with van der Waals surface area (Å²) in [5.74, 6) is 2.51. The van der Waals surface area contributed by atoms with E-state index in [1.165, 1.54) is 11.1 Å². The molecule has 0 aliphatic carbocycles. The van der Waals surface area contributed by atoms with E-state index in [-0.39, 0.29) is 11.8 Å². The van der Waals surface area contributed by atoms with Gasteiger partial charge in [-0.1, -0.05) is 79.6 Å². The molecule has 10 rings (SSSR count). The van der Waals surface area contributed by atoms with Crippen molar-refractivity contribution < 1.29 is 18.4 Å². The van der Waals surface area contributed by atoms with Crippen molar-refractivity contribution in [2.45, 2.75) is 77.6 Å². The number of allylic oxidation sites excluding steroid dienone is 3. The van der Waals surface area contributed by atoms with E-state index in [4.69, 9.17) is 23.5 Å². The lowest BCUT2D eigenvalue weighted by Crippen LogP contribution is -2.47. The predicted molar refractivity (Wildman–Crippen MR) is 213 cm³/mol. The quantitative estimate of drug-likeness (QED) is 0.120. The van der Waals surface area contributed by atoms with Crippen molar-refractivity contribution in [3.8, 4) is 39.8 Å². The molecule has 278 valence electrons. The number of H-pyrrole nitrogens is 1. The Hall–Kier alpha value is -5.87. The number of para-hydroxylation sites is 1. The normalized spacial score (nSPS) is 21.7. The smallest absolute Gasteiger partial charge is 0.249 e. The summed E-state index contributed by atoms with van der Waals surface area (Å²) in [4.78, 5) is 27.9. The summed E-state index contributed by atoms with van der Waals surface area (Å²) >= 11 is 0. The molecule has 1 spiro atoms. The number of ether oxygens (including phenoxy) is 1. The van der Waals surface area contributed by atoms with E-state index >= 15 is 0 Å². The first-order valence-electron chi connectivity index (χ1n) is 19.3. The van der Waals surface area contributed by atoms with E-state index in [2.05, 4.69) is 116 Å². The van der Waals surface area contributed by atoms with Gasteiger partial charge in [0.2, 0.25) is 17.7 Å². The Morgan fingerprint density at radius 1 is 1.00 bits per heavy atom. The van der Waals surface area contributed by atoms with Gasteiger partial charge in [0.05, 0.1) is 12.2 Å². The van der Waals surface area contributed by atoms with Gasteiger partial charge in [-0.25, -0.2) is 9.97 Å². The number of aromatic nitrogens is 3. The molecule has 0 saturated carbocycles. The van der Waals surface area contributed by atoms with Crippen LogP contribution in [0.1, 0.15) is 81.8 Å². The van der Waals surface area contributed by atoms with E-state index in [0.717, 1.165) is 68.6 Å². The molecule has 10 heteroatoms. The molecule has 0 fully saturated rings. The van der Waals surface area contributed by atoms with Crippen LogP contribution < -0.4 is 20.7 Å². The van der Waals surface area contributed by atoms with Gasteiger partial charge in [0.25, 0.3) is 0 Å². The van der Waals surface area contributed by atoms with Crippen molar-refractivity contribution in [3.05, 3.63) is 119 Å². The molecular weight excluding hydrogens is 689 g/mol. The Morgan fingerprint density at radius 2 is 1.85 bits per heavy atom. The number of fused-ring (bicyclic) bond motifs is 7. The highest BCUT2D eigenvalue weighted by Crippen LogP contribution is 2.61. The number of hydrogen-bond acceptors (Lipinski definition) is 8. The second kappa shape index (κ2) is 12.6. The fourth-order valence-corrected chi connectivity index (χ4v) is 8.97. The highest BCUT2D eigenvalue weighted by molar-refractivity contribution is 6.07. The van der Waals surface area contributed by atoms with Gasteiger partial charge < -0.3 is 34.5 Å². The number of aromatic amines is 1. The lowest BCUT2D eigenvalue weighted by atomic mass is 9.72. The molecule has 55 heavy (non-hydrogen) atoms. The zero-order valence-corrected chi connectivity index (χ0v) is 31.7. The summed E-state index contributed by atoms with van der Waals surface area (Å²) in [6.45, 7) is 11.1. The molecule has 7 heterocycles. The van der Waals surface area contributed by atoms with Gasteiger partial charge in [-0.3, -0.25) is 4.79 Å². The predicted octanol–water partition coefficient (Wildman–Crippen LogP) is 8.96. The van der Waals surface area contributed by atoms with E-state index in [9.17, 15) is 4.79 Å². The molecule has 1 unspecified atom stereocenters. The molecule has 0 saturated heterocycles. The largest absolute Gasteiger partial charge is 0.469 e. The van der Waals surface area contributed by atoms with E-state index in [1.807, 2.05) is 12.3 Å². The minimum atomic E-state index is -0.960. The summed E-state index contributed by atoms with van der Waals surface area (Å²) in [6, 6.07) is 18.0. The second-order valence-electron chi connectivity index (χ2n) is 16.0. The zero-order valence-electron chi connectivity index (χ0n) is 31.7. The average Bonchev–Trinajstić information content (AvgIpc) is 3.99. The number of benzene rings is 3. The highest BCUT2D eigenvalue weighted by atomic mass is 16.5. The maximum absolute atomic E-state index is 14.3. The van der Waals surface area contributed by atoms with Crippen molar-refractivity contribution >= 4 is 22.5 Å². The molecular formula is C45H44N6O4. The summed E-state index contributed by atoms with van der Waals surface area (Å²) in [5, 5.41) is 11.8. The number of anilines is 1. The lowest BCUT2D eigenvalue weighted by molar-refractivity contribution is -0.124. The van der Waals surface area contributed by atoms with Gasteiger partial charge in [-0.05, 0) is 69.2 Å². The van der Waals surface area contributed by atoms with Gasteiger partial charge in [-0.15, -0.1) is 0 Å². The number of amides is 1. The number of nitrogens with zero attached hydrogens (tertiary/aromatic N) is 2. The van der Waals surface area contributed by atoms with Crippen LogP contribution in [0.3, 0.4) is 0 Å². The monoisotopic (exact) mass is 732 g/mol. The molecule has 3 aromatic heterocycles. The molecule has 4 aliphatic rings. The van der Waals surface area contributed by atoms with Crippen LogP contribution in [0, 0.1) is 5.92 Å². The van der Waals surface area contributed by atoms with Gasteiger partial charge in [0.15, 0.2) is 23.4 Å². The second-order valence-corrected chi connectivity index (χ2v) is 16.0. The van der Waals surface area contributed by atoms with Crippen molar-refractivity contribution in [2.75, 3.05) is 11.9 Å². The number of nitrogens with one attached hydrogen (secondary N) is 4. The third-order valence-corrected chi connectivity index (χ3v) is 11.7. The van der Waals surface area contributed by atoms with Crippen LogP contribution in [0.2, 0.25) is 0 Å². The first-order chi connectivity index (χ1) is 26.7. The summed E-state index contributed by atoms with van der Waals surface area (Å²) in [7, 11) is 0. The fraction of sp³-hybridized carbons (Fsp3) is 0.311. The number of oxazole rings is 2. The maximum Gasteiger partial charge on any atom is 0.249 e. The van der Waals surface area contributed by atoms with Gasteiger partial charge >= 0.3 is 0 Å². The SMILES string of the molecule is CC(C)=CCC/C(C)=C/CN[C@H]1Cc2ccc3c(c2)[C@]24c5cccc(c5NC2O3)-c2cccc3[nH]cc(c23)-c2cnc(o2)-c2nc(oc24)[C@H](C(C)C)NC1=O. The molecule has 10 bridgehead atoms. The van der Waals surface area contributed by atoms with Gasteiger partial charge in [-0.2, -0.15) is 0 Å². The summed E-state index contributed by atoms with van der Waals surface area (Å²) in [5.41, 5.74) is 10.1. The Balaban J connectivity index is 1.18. The summed E-state index contributed by atoms with van der Waals surface area (Å²) < 4.78 is 20.7. The lowest BCUT2D eigenvalue weighted by Gasteiger charge is -2.28. The molecule has 4 aliphatic heterocycles. The van der Waals surface area contributed by atoms with Gasteiger partial charge in [0.1, 0.15) is 17.2 Å². The number of rotatable bonds is 7. The Kier molecular flexibility index (Phi) is 7.71. The van der Waals surface area contributed by atoms with Crippen LogP contribution in [0.15, 0.2) is 99.1 Å². The molecule has 0 radical (unpaired) electrons. The zero-order chi connectivity index (χ0) is 37.6. The van der Waals surface area contributed by atoms with E-state index < -0.39 is 23.7 Å². The molecule has 10 nitrogen and oxygen atoms in total. The van der Waals surface area contributed by atoms with Crippen LogP contribution in [-0.2, 0) is 16.6 Å². The number of carbonyl (C=O) groups is 1. The molecule has 1 amide bonds. The minimum Gasteiger partial charge on any atom is -0.469 e. The molecule has 4 N–H and O–H groups in total. The Labute approximate surface area is 319 Å². The first-order valence-corrected chi connectivity index (χ1v) is 19.3. The van der Waals surface area contributed by atoms with Gasteiger partial charge in [0, 0.05) is 51.6 Å². The van der Waals surface area contributed by atoms with E-state index in [1.54, 1.807) is 6.20 Å². The molecule has 4 atom stereocenters. The van der Waals surface area contributed by atoms with E-state index in [0.29, 0.717) is 42.0 Å². The number of carbonyl (C=O) groups excluding carboxylic acids is 1. The average molecular weight is 733 g/mol. The first kappa shape index (κ1) is 33.7. The third-order valence-electron chi connectivity index (χ3n) is 11.7. The van der Waals surface area contributed by atoms with Crippen molar-refractivity contribution in [3.63, 3.8) is 0 Å².